The van der Waals surface area contributed by atoms with Crippen LogP contribution >= 0.6 is 27.3 Å². The van der Waals surface area contributed by atoms with Gasteiger partial charge in [0, 0.05) is 25.2 Å². The zero-order valence-electron chi connectivity index (χ0n) is 12.6. The van der Waals surface area contributed by atoms with Crippen LogP contribution in [0.15, 0.2) is 45.4 Å². The number of ether oxygens (including phenoxy) is 1. The van der Waals surface area contributed by atoms with Gasteiger partial charge in [0.15, 0.2) is 5.96 Å². The summed E-state index contributed by atoms with van der Waals surface area (Å²) in [5, 5.41) is 3.29. The molecule has 2 rings (SSSR count). The van der Waals surface area contributed by atoms with Crippen molar-refractivity contribution in [2.24, 2.45) is 4.99 Å². The molecule has 5 nitrogen and oxygen atoms in total. The van der Waals surface area contributed by atoms with Gasteiger partial charge in [-0.15, -0.1) is 11.3 Å². The first-order valence-corrected chi connectivity index (χ1v) is 8.49. The standard InChI is InChI=1S/C15H19BrN4OS/c1-17-15(20(2)11-13-5-6-14(16)22-13)19-8-9-21-12-4-3-7-18-10-12/h3-7,10H,8-9,11H2,1-2H3,(H,17,19). The molecule has 2 aromatic heterocycles. The van der Waals surface area contributed by atoms with E-state index in [-0.39, 0.29) is 0 Å². The molecule has 1 N–H and O–H groups in total. The average Bonchev–Trinajstić information content (AvgIpc) is 2.93. The lowest BCUT2D eigenvalue weighted by Gasteiger charge is -2.21. The van der Waals surface area contributed by atoms with Gasteiger partial charge in [0.2, 0.25) is 0 Å². The maximum Gasteiger partial charge on any atom is 0.193 e. The number of nitrogens with zero attached hydrogens (tertiary/aromatic N) is 3. The lowest BCUT2D eigenvalue weighted by Crippen LogP contribution is -2.40. The molecular weight excluding hydrogens is 364 g/mol. The Morgan fingerprint density at radius 1 is 1.45 bits per heavy atom. The number of guanidine groups is 1. The molecule has 0 aliphatic carbocycles. The summed E-state index contributed by atoms with van der Waals surface area (Å²) in [6, 6.07) is 7.92. The summed E-state index contributed by atoms with van der Waals surface area (Å²) in [6.45, 7) is 2.06. The van der Waals surface area contributed by atoms with Gasteiger partial charge in [-0.05, 0) is 40.2 Å². The van der Waals surface area contributed by atoms with Gasteiger partial charge >= 0.3 is 0 Å². The summed E-state index contributed by atoms with van der Waals surface area (Å²) in [5.41, 5.74) is 0. The summed E-state index contributed by atoms with van der Waals surface area (Å²) in [5.74, 6) is 1.62. The Bertz CT molecular complexity index is 603. The van der Waals surface area contributed by atoms with Crippen molar-refractivity contribution < 1.29 is 4.74 Å². The molecular formula is C15H19BrN4OS. The van der Waals surface area contributed by atoms with Crippen molar-refractivity contribution in [1.29, 1.82) is 0 Å². The third-order valence-electron chi connectivity index (χ3n) is 2.88. The second-order valence-corrected chi connectivity index (χ2v) is 7.12. The van der Waals surface area contributed by atoms with Gasteiger partial charge in [-0.25, -0.2) is 0 Å². The predicted molar refractivity (Wildman–Crippen MR) is 94.6 cm³/mol. The molecule has 0 amide bonds. The number of hydrogen-bond acceptors (Lipinski definition) is 4. The number of pyridine rings is 1. The van der Waals surface area contributed by atoms with Crippen molar-refractivity contribution in [3.63, 3.8) is 0 Å². The van der Waals surface area contributed by atoms with Crippen LogP contribution in [0.5, 0.6) is 5.75 Å². The fourth-order valence-corrected chi connectivity index (χ4v) is 3.43. The highest BCUT2D eigenvalue weighted by atomic mass is 79.9. The fourth-order valence-electron chi connectivity index (χ4n) is 1.89. The van der Waals surface area contributed by atoms with E-state index in [0.717, 1.165) is 22.0 Å². The normalized spacial score (nSPS) is 11.3. The molecule has 0 atom stereocenters. The van der Waals surface area contributed by atoms with E-state index in [2.05, 4.69) is 48.3 Å². The van der Waals surface area contributed by atoms with Crippen LogP contribution in [0.1, 0.15) is 4.88 Å². The highest BCUT2D eigenvalue weighted by molar-refractivity contribution is 9.11. The Kier molecular flexibility index (Phi) is 6.67. The maximum absolute atomic E-state index is 5.60. The van der Waals surface area contributed by atoms with Crippen LogP contribution in [0.3, 0.4) is 0 Å². The van der Waals surface area contributed by atoms with E-state index in [4.69, 9.17) is 4.74 Å². The molecule has 22 heavy (non-hydrogen) atoms. The van der Waals surface area contributed by atoms with Crippen molar-refractivity contribution in [2.45, 2.75) is 6.54 Å². The molecule has 0 fully saturated rings. The highest BCUT2D eigenvalue weighted by Crippen LogP contribution is 2.22. The molecule has 2 heterocycles. The molecule has 7 heteroatoms. The molecule has 0 radical (unpaired) electrons. The number of thiophene rings is 1. The predicted octanol–water partition coefficient (Wildman–Crippen LogP) is 2.99. The van der Waals surface area contributed by atoms with Crippen LogP contribution in [0, 0.1) is 0 Å². The monoisotopic (exact) mass is 382 g/mol. The van der Waals surface area contributed by atoms with Crippen LogP contribution in [0.25, 0.3) is 0 Å². The van der Waals surface area contributed by atoms with Crippen molar-refractivity contribution in [3.8, 4) is 5.75 Å². The Labute approximate surface area is 143 Å². The number of hydrogen-bond donors (Lipinski definition) is 1. The van der Waals surface area contributed by atoms with E-state index in [9.17, 15) is 0 Å². The summed E-state index contributed by atoms with van der Waals surface area (Å²) >= 11 is 5.21. The quantitative estimate of drug-likeness (QED) is 0.473. The molecule has 0 aromatic carbocycles. The van der Waals surface area contributed by atoms with E-state index < -0.39 is 0 Å². The van der Waals surface area contributed by atoms with Gasteiger partial charge in [-0.1, -0.05) is 0 Å². The van der Waals surface area contributed by atoms with Gasteiger partial charge in [0.25, 0.3) is 0 Å². The molecule has 0 aliphatic rings. The van der Waals surface area contributed by atoms with E-state index >= 15 is 0 Å². The Morgan fingerprint density at radius 3 is 2.95 bits per heavy atom. The number of halogens is 1. The van der Waals surface area contributed by atoms with Crippen LogP contribution in [0.4, 0.5) is 0 Å². The topological polar surface area (TPSA) is 49.8 Å². The van der Waals surface area contributed by atoms with Gasteiger partial charge in [-0.2, -0.15) is 0 Å². The second kappa shape index (κ2) is 8.75. The van der Waals surface area contributed by atoms with Crippen LogP contribution in [-0.4, -0.2) is 43.1 Å². The Morgan fingerprint density at radius 2 is 2.32 bits per heavy atom. The van der Waals surface area contributed by atoms with Crippen LogP contribution in [0.2, 0.25) is 0 Å². The Hall–Kier alpha value is -1.60. The molecule has 0 spiro atoms. The molecule has 0 bridgehead atoms. The maximum atomic E-state index is 5.60. The van der Waals surface area contributed by atoms with Gasteiger partial charge in [0.1, 0.15) is 12.4 Å². The van der Waals surface area contributed by atoms with E-state index in [1.54, 1.807) is 30.8 Å². The van der Waals surface area contributed by atoms with Crippen LogP contribution in [-0.2, 0) is 6.54 Å². The number of aliphatic imine (C=N–C) groups is 1. The Balaban J connectivity index is 1.74. The summed E-state index contributed by atoms with van der Waals surface area (Å²) in [6.07, 6.45) is 3.43. The summed E-state index contributed by atoms with van der Waals surface area (Å²) in [7, 11) is 3.80. The lowest BCUT2D eigenvalue weighted by molar-refractivity contribution is 0.318. The second-order valence-electron chi connectivity index (χ2n) is 4.57. The number of aromatic nitrogens is 1. The fraction of sp³-hybridized carbons (Fsp3) is 0.333. The molecule has 2 aromatic rings. The summed E-state index contributed by atoms with van der Waals surface area (Å²) < 4.78 is 6.74. The van der Waals surface area contributed by atoms with E-state index in [1.165, 1.54) is 4.88 Å². The zero-order chi connectivity index (χ0) is 15.8. The van der Waals surface area contributed by atoms with Crippen molar-refractivity contribution in [1.82, 2.24) is 15.2 Å². The van der Waals surface area contributed by atoms with Crippen molar-refractivity contribution in [3.05, 3.63) is 45.3 Å². The molecule has 0 saturated carbocycles. The molecule has 118 valence electrons. The number of nitrogens with one attached hydrogen (secondary N) is 1. The summed E-state index contributed by atoms with van der Waals surface area (Å²) in [4.78, 5) is 11.7. The lowest BCUT2D eigenvalue weighted by atomic mass is 10.4. The van der Waals surface area contributed by atoms with Crippen molar-refractivity contribution in [2.75, 3.05) is 27.2 Å². The van der Waals surface area contributed by atoms with Gasteiger partial charge in [0.05, 0.1) is 23.1 Å². The largest absolute Gasteiger partial charge is 0.490 e. The van der Waals surface area contributed by atoms with Crippen molar-refractivity contribution >= 4 is 33.2 Å². The number of rotatable bonds is 6. The minimum absolute atomic E-state index is 0.559. The average molecular weight is 383 g/mol. The van der Waals surface area contributed by atoms with Crippen LogP contribution < -0.4 is 10.1 Å². The van der Waals surface area contributed by atoms with E-state index in [1.807, 2.05) is 19.2 Å². The SMILES string of the molecule is CN=C(NCCOc1cccnc1)N(C)Cc1ccc(Br)s1. The minimum Gasteiger partial charge on any atom is -0.490 e. The third-order valence-corrected chi connectivity index (χ3v) is 4.49. The third kappa shape index (κ3) is 5.31. The van der Waals surface area contributed by atoms with E-state index in [0.29, 0.717) is 13.2 Å². The first-order chi connectivity index (χ1) is 10.7. The first-order valence-electron chi connectivity index (χ1n) is 6.88. The van der Waals surface area contributed by atoms with Gasteiger partial charge in [-0.3, -0.25) is 9.98 Å². The molecule has 0 unspecified atom stereocenters. The zero-order valence-corrected chi connectivity index (χ0v) is 15.0. The minimum atomic E-state index is 0.559. The van der Waals surface area contributed by atoms with Gasteiger partial charge < -0.3 is 15.0 Å². The highest BCUT2D eigenvalue weighted by Gasteiger charge is 2.07. The molecule has 0 aliphatic heterocycles. The first kappa shape index (κ1) is 16.8. The smallest absolute Gasteiger partial charge is 0.193 e. The molecule has 0 saturated heterocycles.